The van der Waals surface area contributed by atoms with Crippen molar-refractivity contribution in [3.8, 4) is 0 Å². The molecular formula is C75H146O17P2. The average molecular weight is 1380 g/mol. The van der Waals surface area contributed by atoms with Gasteiger partial charge in [-0.2, -0.15) is 0 Å². The number of aliphatic hydroxyl groups excluding tert-OH is 1. The molecule has 0 heterocycles. The fraction of sp³-hybridized carbons (Fsp3) is 0.947. The third kappa shape index (κ3) is 68.6. The first-order chi connectivity index (χ1) is 45.5. The van der Waals surface area contributed by atoms with Gasteiger partial charge in [0.05, 0.1) is 26.4 Å². The van der Waals surface area contributed by atoms with Crippen molar-refractivity contribution in [3.63, 3.8) is 0 Å². The third-order valence-corrected chi connectivity index (χ3v) is 19.4. The second-order valence-corrected chi connectivity index (χ2v) is 30.4. The first-order valence-corrected chi connectivity index (χ1v) is 42.1. The summed E-state index contributed by atoms with van der Waals surface area (Å²) in [7, 11) is -9.90. The van der Waals surface area contributed by atoms with Gasteiger partial charge in [-0.05, 0) is 31.6 Å². The molecule has 0 saturated carbocycles. The molecule has 0 aliphatic heterocycles. The number of rotatable bonds is 75. The maximum atomic E-state index is 13.1. The van der Waals surface area contributed by atoms with Crippen LogP contribution >= 0.6 is 15.6 Å². The molecule has 19 heteroatoms. The number of hydrogen-bond donors (Lipinski definition) is 3. The summed E-state index contributed by atoms with van der Waals surface area (Å²) in [5.41, 5.74) is 0. The van der Waals surface area contributed by atoms with Gasteiger partial charge in [0.25, 0.3) is 0 Å². The number of ether oxygens (including phenoxy) is 4. The monoisotopic (exact) mass is 1380 g/mol. The van der Waals surface area contributed by atoms with Gasteiger partial charge in [-0.15, -0.1) is 0 Å². The van der Waals surface area contributed by atoms with Crippen molar-refractivity contribution >= 4 is 39.5 Å². The van der Waals surface area contributed by atoms with Crippen molar-refractivity contribution in [2.45, 2.75) is 412 Å². The molecule has 0 aromatic carbocycles. The van der Waals surface area contributed by atoms with Crippen molar-refractivity contribution in [3.05, 3.63) is 0 Å². The number of phosphoric acid groups is 2. The Kier molecular flexibility index (Phi) is 66.8. The van der Waals surface area contributed by atoms with Crippen molar-refractivity contribution in [1.29, 1.82) is 0 Å². The third-order valence-electron chi connectivity index (χ3n) is 17.5. The highest BCUT2D eigenvalue weighted by Crippen LogP contribution is 2.45. The fourth-order valence-corrected chi connectivity index (χ4v) is 13.1. The molecule has 558 valence electrons. The number of aliphatic hydroxyl groups is 1. The van der Waals surface area contributed by atoms with Crippen LogP contribution in [0.3, 0.4) is 0 Å². The Bertz CT molecular complexity index is 1810. The fourth-order valence-electron chi connectivity index (χ4n) is 11.5. The van der Waals surface area contributed by atoms with Gasteiger partial charge < -0.3 is 33.8 Å². The van der Waals surface area contributed by atoms with Crippen LogP contribution in [0.25, 0.3) is 0 Å². The minimum absolute atomic E-state index is 0.105. The van der Waals surface area contributed by atoms with Crippen LogP contribution in [0.2, 0.25) is 0 Å². The molecule has 0 amide bonds. The van der Waals surface area contributed by atoms with Crippen LogP contribution in [0.5, 0.6) is 0 Å². The Labute approximate surface area is 575 Å². The summed E-state index contributed by atoms with van der Waals surface area (Å²) in [6, 6.07) is 0. The Morgan fingerprint density at radius 1 is 0.287 bits per heavy atom. The van der Waals surface area contributed by atoms with E-state index in [0.717, 1.165) is 109 Å². The zero-order valence-corrected chi connectivity index (χ0v) is 62.9. The number of hydrogen-bond acceptors (Lipinski definition) is 15. The largest absolute Gasteiger partial charge is 0.472 e. The smallest absolute Gasteiger partial charge is 0.462 e. The lowest BCUT2D eigenvalue weighted by Crippen LogP contribution is -2.30. The predicted molar refractivity (Wildman–Crippen MR) is 382 cm³/mol. The Hall–Kier alpha value is -1.94. The van der Waals surface area contributed by atoms with Crippen LogP contribution < -0.4 is 0 Å². The number of carbonyl (C=O) groups excluding carboxylic acids is 4. The number of esters is 4. The van der Waals surface area contributed by atoms with E-state index in [9.17, 15) is 43.2 Å². The molecule has 0 rings (SSSR count). The zero-order valence-electron chi connectivity index (χ0n) is 61.1. The van der Waals surface area contributed by atoms with Crippen LogP contribution in [-0.2, 0) is 65.4 Å². The van der Waals surface area contributed by atoms with Crippen LogP contribution in [0.1, 0.15) is 394 Å². The zero-order chi connectivity index (χ0) is 69.1. The average Bonchev–Trinajstić information content (AvgIpc) is 1.51. The topological polar surface area (TPSA) is 237 Å². The van der Waals surface area contributed by atoms with E-state index in [1.807, 2.05) is 0 Å². The minimum Gasteiger partial charge on any atom is -0.462 e. The minimum atomic E-state index is -4.95. The van der Waals surface area contributed by atoms with Gasteiger partial charge >= 0.3 is 39.5 Å². The van der Waals surface area contributed by atoms with E-state index in [1.165, 1.54) is 205 Å². The van der Waals surface area contributed by atoms with Crippen LogP contribution in [0.15, 0.2) is 0 Å². The number of unbranched alkanes of at least 4 members (excludes halogenated alkanes) is 47. The van der Waals surface area contributed by atoms with Crippen LogP contribution in [0.4, 0.5) is 0 Å². The van der Waals surface area contributed by atoms with Crippen LogP contribution in [-0.4, -0.2) is 96.7 Å². The van der Waals surface area contributed by atoms with Crippen molar-refractivity contribution in [1.82, 2.24) is 0 Å². The van der Waals surface area contributed by atoms with Crippen molar-refractivity contribution in [2.24, 2.45) is 5.92 Å². The second-order valence-electron chi connectivity index (χ2n) is 27.5. The van der Waals surface area contributed by atoms with Gasteiger partial charge in [0, 0.05) is 25.7 Å². The molecule has 0 aliphatic carbocycles. The van der Waals surface area contributed by atoms with Crippen molar-refractivity contribution < 1.29 is 80.2 Å². The summed E-state index contributed by atoms with van der Waals surface area (Å²) < 4.78 is 68.4. The van der Waals surface area contributed by atoms with E-state index in [1.54, 1.807) is 0 Å². The molecule has 0 bridgehead atoms. The van der Waals surface area contributed by atoms with Gasteiger partial charge in [-0.1, -0.05) is 343 Å². The standard InChI is InChI=1S/C75H146O17P2/c1-6-9-12-15-18-20-22-24-26-27-28-29-30-32-34-36-40-45-50-55-60-74(79)92-71(65-86-73(78)59-54-49-44-39-35-33-31-25-23-21-19-16-13-10-7-2)67-90-94(83,84)88-63-69(76)62-87-93(81,82)89-66-70(64-85-72(77)58-53-48-42-17-14-11-8-3)91-75(80)61-56-51-46-41-37-38-43-47-52-57-68(4)5/h68-71,76H,6-67H2,1-5H3,(H,81,82)(H,83,84)/t69-,70+,71+/m0/s1. The molecule has 94 heavy (non-hydrogen) atoms. The lowest BCUT2D eigenvalue weighted by atomic mass is 10.0. The maximum Gasteiger partial charge on any atom is 0.472 e. The summed E-state index contributed by atoms with van der Waals surface area (Å²) in [6.07, 6.45) is 57.1. The molecule has 0 spiro atoms. The molecule has 17 nitrogen and oxygen atoms in total. The molecular weight excluding hydrogens is 1230 g/mol. The predicted octanol–water partition coefficient (Wildman–Crippen LogP) is 22.1. The summed E-state index contributed by atoms with van der Waals surface area (Å²) in [6.45, 7) is 7.22. The van der Waals surface area contributed by atoms with E-state index >= 15 is 0 Å². The molecule has 0 saturated heterocycles. The van der Waals surface area contributed by atoms with E-state index in [4.69, 9.17) is 37.0 Å². The maximum absolute atomic E-state index is 13.1. The summed E-state index contributed by atoms with van der Waals surface area (Å²) in [5.74, 6) is -1.38. The first-order valence-electron chi connectivity index (χ1n) is 39.1. The number of phosphoric ester groups is 2. The van der Waals surface area contributed by atoms with E-state index < -0.39 is 97.5 Å². The summed E-state index contributed by atoms with van der Waals surface area (Å²) in [5, 5.41) is 10.6. The number of carbonyl (C=O) groups is 4. The van der Waals surface area contributed by atoms with Gasteiger partial charge in [-0.3, -0.25) is 37.3 Å². The normalized spacial score (nSPS) is 14.0. The Morgan fingerprint density at radius 2 is 0.489 bits per heavy atom. The molecule has 0 aromatic rings. The SMILES string of the molecule is CCCCCCCCCCCCCCCCCCCCCCC(=O)O[C@H](COC(=O)CCCCCCCCCCCCCCCCC)COP(=O)(O)OC[C@@H](O)COP(=O)(O)OC[C@@H](COC(=O)CCCCCCCCC)OC(=O)CCCCCCCCCCCC(C)C. The van der Waals surface area contributed by atoms with Gasteiger partial charge in [0.2, 0.25) is 0 Å². The molecule has 0 aromatic heterocycles. The molecule has 2 unspecified atom stereocenters. The lowest BCUT2D eigenvalue weighted by Gasteiger charge is -2.21. The second kappa shape index (κ2) is 68.2. The highest BCUT2D eigenvalue weighted by Gasteiger charge is 2.30. The quantitative estimate of drug-likeness (QED) is 0.0222. The first kappa shape index (κ1) is 92.1. The highest BCUT2D eigenvalue weighted by molar-refractivity contribution is 7.47. The molecule has 3 N–H and O–H groups in total. The van der Waals surface area contributed by atoms with Crippen LogP contribution in [0, 0.1) is 5.92 Å². The van der Waals surface area contributed by atoms with Gasteiger partial charge in [-0.25, -0.2) is 9.13 Å². The van der Waals surface area contributed by atoms with Gasteiger partial charge in [0.15, 0.2) is 12.2 Å². The molecule has 5 atom stereocenters. The van der Waals surface area contributed by atoms with Crippen molar-refractivity contribution in [2.75, 3.05) is 39.6 Å². The molecule has 0 aliphatic rings. The molecule has 0 fully saturated rings. The molecule has 0 radical (unpaired) electrons. The highest BCUT2D eigenvalue weighted by atomic mass is 31.2. The Morgan fingerprint density at radius 3 is 0.723 bits per heavy atom. The lowest BCUT2D eigenvalue weighted by molar-refractivity contribution is -0.161. The summed E-state index contributed by atoms with van der Waals surface area (Å²) in [4.78, 5) is 72.6. The van der Waals surface area contributed by atoms with Gasteiger partial charge in [0.1, 0.15) is 19.3 Å². The van der Waals surface area contributed by atoms with E-state index in [-0.39, 0.29) is 25.7 Å². The Balaban J connectivity index is 5.17. The van der Waals surface area contributed by atoms with E-state index in [2.05, 4.69) is 34.6 Å². The summed E-state index contributed by atoms with van der Waals surface area (Å²) >= 11 is 0. The van der Waals surface area contributed by atoms with E-state index in [0.29, 0.717) is 25.7 Å².